The summed E-state index contributed by atoms with van der Waals surface area (Å²) < 4.78 is 134. The molecule has 0 bridgehead atoms. The summed E-state index contributed by atoms with van der Waals surface area (Å²) in [6, 6.07) is 5.75. The largest absolute Gasteiger partial charge is 0.435 e. The van der Waals surface area contributed by atoms with Crippen LogP contribution in [0.5, 0.6) is 0 Å². The van der Waals surface area contributed by atoms with Gasteiger partial charge in [0.15, 0.2) is 9.84 Å². The van der Waals surface area contributed by atoms with Gasteiger partial charge in [0.25, 0.3) is 0 Å². The number of sulfone groups is 1. The van der Waals surface area contributed by atoms with Gasteiger partial charge in [0.2, 0.25) is 0 Å². The summed E-state index contributed by atoms with van der Waals surface area (Å²) in [4.78, 5) is -0.225. The maximum absolute atomic E-state index is 14.7. The minimum absolute atomic E-state index is 0.0197. The summed E-state index contributed by atoms with van der Waals surface area (Å²) in [5.41, 5.74) is -7.31. The molecule has 11 heteroatoms. The van der Waals surface area contributed by atoms with Crippen molar-refractivity contribution in [1.82, 2.24) is 0 Å². The average molecular weight is 514 g/mol. The maximum Gasteiger partial charge on any atom is 0.435 e. The van der Waals surface area contributed by atoms with Gasteiger partial charge in [-0.1, -0.05) is 38.5 Å². The van der Waals surface area contributed by atoms with E-state index in [2.05, 4.69) is 0 Å². The number of aryl methyl sites for hydroxylation is 1. The smallest absolute Gasteiger partial charge is 0.223 e. The van der Waals surface area contributed by atoms with Crippen LogP contribution in [0.4, 0.5) is 35.1 Å². The Balaban J connectivity index is 2.30. The third-order valence-electron chi connectivity index (χ3n) is 6.78. The Hall–Kier alpha value is -2.17. The van der Waals surface area contributed by atoms with Crippen molar-refractivity contribution in [2.24, 2.45) is 5.92 Å². The van der Waals surface area contributed by atoms with Crippen LogP contribution in [-0.4, -0.2) is 20.8 Å². The molecule has 1 aliphatic carbocycles. The summed E-state index contributed by atoms with van der Waals surface area (Å²) in [6.45, 7) is 3.28. The van der Waals surface area contributed by atoms with Crippen LogP contribution in [0.15, 0.2) is 47.4 Å². The Morgan fingerprint density at radius 1 is 0.912 bits per heavy atom. The summed E-state index contributed by atoms with van der Waals surface area (Å²) in [5, 5.41) is 0. The molecular weight excluding hydrogens is 492 g/mol. The highest BCUT2D eigenvalue weighted by Crippen LogP contribution is 2.56. The lowest BCUT2D eigenvalue weighted by molar-refractivity contribution is -0.348. The van der Waals surface area contributed by atoms with Crippen molar-refractivity contribution < 1.29 is 43.5 Å². The maximum atomic E-state index is 14.7. The van der Waals surface area contributed by atoms with Gasteiger partial charge < -0.3 is 0 Å². The number of halogens is 8. The molecule has 2 nitrogen and oxygen atoms in total. The third-order valence-corrected chi connectivity index (χ3v) is 9.48. The van der Waals surface area contributed by atoms with E-state index in [1.165, 1.54) is 0 Å². The van der Waals surface area contributed by atoms with Gasteiger partial charge in [-0.05, 0) is 60.6 Å². The minimum Gasteiger partial charge on any atom is -0.223 e. The molecule has 2 aromatic carbocycles. The molecule has 34 heavy (non-hydrogen) atoms. The number of benzene rings is 2. The van der Waals surface area contributed by atoms with Crippen molar-refractivity contribution >= 4 is 9.84 Å². The summed E-state index contributed by atoms with van der Waals surface area (Å²) in [5.74, 6) is -1.20. The highest BCUT2D eigenvalue weighted by atomic mass is 32.2. The van der Waals surface area contributed by atoms with Crippen LogP contribution in [0.3, 0.4) is 0 Å². The molecular formula is C23H22F8O2S. The van der Waals surface area contributed by atoms with E-state index in [4.69, 9.17) is 0 Å². The molecule has 1 aliphatic rings. The zero-order valence-corrected chi connectivity index (χ0v) is 19.0. The van der Waals surface area contributed by atoms with E-state index in [1.54, 1.807) is 13.8 Å². The van der Waals surface area contributed by atoms with Crippen LogP contribution in [0.2, 0.25) is 0 Å². The number of rotatable bonds is 5. The molecule has 3 rings (SSSR count). The predicted octanol–water partition coefficient (Wildman–Crippen LogP) is 7.17. The summed E-state index contributed by atoms with van der Waals surface area (Å²) in [7, 11) is -4.28. The van der Waals surface area contributed by atoms with E-state index in [-0.39, 0.29) is 35.3 Å². The Morgan fingerprint density at radius 2 is 1.47 bits per heavy atom. The van der Waals surface area contributed by atoms with Crippen LogP contribution < -0.4 is 0 Å². The van der Waals surface area contributed by atoms with Gasteiger partial charge in [-0.25, -0.2) is 17.2 Å². The Kier molecular flexibility index (Phi) is 6.60. The van der Waals surface area contributed by atoms with E-state index in [1.807, 2.05) is 0 Å². The molecule has 0 spiro atoms. The van der Waals surface area contributed by atoms with Crippen molar-refractivity contribution in [2.45, 2.75) is 67.2 Å². The molecule has 0 N–H and O–H groups in total. The molecule has 2 unspecified atom stereocenters. The second kappa shape index (κ2) is 8.49. The second-order valence-electron chi connectivity index (χ2n) is 8.37. The van der Waals surface area contributed by atoms with E-state index in [9.17, 15) is 43.5 Å². The Bertz CT molecular complexity index is 1140. The van der Waals surface area contributed by atoms with Crippen molar-refractivity contribution in [2.75, 3.05) is 0 Å². The first kappa shape index (κ1) is 26.4. The third kappa shape index (κ3) is 3.70. The molecule has 0 saturated carbocycles. The van der Waals surface area contributed by atoms with E-state index in [0.29, 0.717) is 18.6 Å². The van der Waals surface area contributed by atoms with Crippen LogP contribution in [0, 0.1) is 11.7 Å². The van der Waals surface area contributed by atoms with Gasteiger partial charge in [-0.15, -0.1) is 0 Å². The fourth-order valence-corrected chi connectivity index (χ4v) is 7.60. The molecule has 2 aromatic rings. The first-order chi connectivity index (χ1) is 15.6. The van der Waals surface area contributed by atoms with Gasteiger partial charge in [0, 0.05) is 5.56 Å². The number of hydrogen-bond acceptors (Lipinski definition) is 2. The topological polar surface area (TPSA) is 34.1 Å². The monoisotopic (exact) mass is 514 g/mol. The first-order valence-corrected chi connectivity index (χ1v) is 12.0. The standard InChI is InChI=1S/C23H22F8O2S/c1-3-15-6-5-14-13-16(21(25,22(26,27)28)23(29,30)31)7-12-19(14)20(15,4-2)34(32,33)18-10-8-17(24)9-11-18/h7-13,15H,3-6H2,1-2H3. The van der Waals surface area contributed by atoms with E-state index in [0.717, 1.165) is 30.3 Å². The molecule has 0 saturated heterocycles. The molecule has 0 heterocycles. The van der Waals surface area contributed by atoms with E-state index < -0.39 is 49.9 Å². The quantitative estimate of drug-likeness (QED) is 0.313. The summed E-state index contributed by atoms with van der Waals surface area (Å²) >= 11 is 0. The van der Waals surface area contributed by atoms with Gasteiger partial charge in [-0.3, -0.25) is 0 Å². The zero-order valence-electron chi connectivity index (χ0n) is 18.2. The van der Waals surface area contributed by atoms with Crippen LogP contribution in [0.25, 0.3) is 0 Å². The van der Waals surface area contributed by atoms with Gasteiger partial charge in [-0.2, -0.15) is 26.3 Å². The first-order valence-electron chi connectivity index (χ1n) is 10.5. The average Bonchev–Trinajstić information content (AvgIpc) is 2.75. The van der Waals surface area contributed by atoms with Crippen molar-refractivity contribution in [3.63, 3.8) is 0 Å². The lowest BCUT2D eigenvalue weighted by Gasteiger charge is -2.45. The van der Waals surface area contributed by atoms with Crippen LogP contribution >= 0.6 is 0 Å². The van der Waals surface area contributed by atoms with Gasteiger partial charge in [0.05, 0.1) is 4.90 Å². The highest BCUT2D eigenvalue weighted by molar-refractivity contribution is 7.92. The SMILES string of the molecule is CCC1CCc2cc(C(F)(C(F)(F)F)C(F)(F)F)ccc2C1(CC)S(=O)(=O)c1ccc(F)cc1. The normalized spacial score (nSPS) is 21.9. The second-order valence-corrected chi connectivity index (χ2v) is 10.6. The molecule has 0 fully saturated rings. The van der Waals surface area contributed by atoms with Crippen LogP contribution in [-0.2, 0) is 26.7 Å². The number of hydrogen-bond donors (Lipinski definition) is 0. The van der Waals surface area contributed by atoms with Gasteiger partial charge >= 0.3 is 18.0 Å². The minimum atomic E-state index is -6.28. The van der Waals surface area contributed by atoms with Crippen molar-refractivity contribution in [3.05, 3.63) is 65.0 Å². The molecule has 2 atom stereocenters. The number of alkyl halides is 7. The van der Waals surface area contributed by atoms with Crippen molar-refractivity contribution in [1.29, 1.82) is 0 Å². The predicted molar refractivity (Wildman–Crippen MR) is 109 cm³/mol. The van der Waals surface area contributed by atoms with Gasteiger partial charge in [0.1, 0.15) is 10.6 Å². The number of fused-ring (bicyclic) bond motifs is 1. The fraction of sp³-hybridized carbons (Fsp3) is 0.478. The molecule has 0 aromatic heterocycles. The zero-order chi connectivity index (χ0) is 25.7. The van der Waals surface area contributed by atoms with Crippen molar-refractivity contribution in [3.8, 4) is 0 Å². The Labute approximate surface area is 191 Å². The molecule has 188 valence electrons. The highest BCUT2D eigenvalue weighted by Gasteiger charge is 2.73. The Morgan fingerprint density at radius 3 is 1.94 bits per heavy atom. The molecule has 0 radical (unpaired) electrons. The van der Waals surface area contributed by atoms with Crippen LogP contribution in [0.1, 0.15) is 49.8 Å². The lowest BCUT2D eigenvalue weighted by Crippen LogP contribution is -2.51. The fourth-order valence-electron chi connectivity index (χ4n) is 5.09. The lowest BCUT2D eigenvalue weighted by atomic mass is 9.71. The molecule has 0 aliphatic heterocycles. The molecule has 0 amide bonds. The van der Waals surface area contributed by atoms with E-state index >= 15 is 0 Å². The summed E-state index contributed by atoms with van der Waals surface area (Å²) in [6.07, 6.45) is -12.1.